The Hall–Kier alpha value is -2.62. The number of carbonyl (C=O) groups excluding carboxylic acids is 2. The van der Waals surface area contributed by atoms with Crippen LogP contribution in [0.3, 0.4) is 0 Å². The van der Waals surface area contributed by atoms with Gasteiger partial charge in [-0.15, -0.1) is 0 Å². The van der Waals surface area contributed by atoms with Gasteiger partial charge in [-0.2, -0.15) is 0 Å². The maximum atomic E-state index is 11.3. The molecule has 0 aliphatic heterocycles. The van der Waals surface area contributed by atoms with Gasteiger partial charge in [0.05, 0.1) is 12.7 Å². The summed E-state index contributed by atoms with van der Waals surface area (Å²) in [5.74, 6) is -0.200. The molecule has 0 radical (unpaired) electrons. The highest BCUT2D eigenvalue weighted by Crippen LogP contribution is 2.23. The minimum Gasteiger partial charge on any atom is -0.465 e. The van der Waals surface area contributed by atoms with E-state index in [1.807, 2.05) is 24.3 Å². The average Bonchev–Trinajstić information content (AvgIpc) is 2.47. The van der Waals surface area contributed by atoms with Crippen molar-refractivity contribution in [3.05, 3.63) is 54.1 Å². The van der Waals surface area contributed by atoms with Crippen LogP contribution in [0, 0.1) is 0 Å². The van der Waals surface area contributed by atoms with Crippen LogP contribution in [0.1, 0.15) is 17.3 Å². The summed E-state index contributed by atoms with van der Waals surface area (Å²) in [4.78, 5) is 22.2. The van der Waals surface area contributed by atoms with E-state index in [9.17, 15) is 9.59 Å². The molecule has 0 aliphatic rings. The molecule has 4 heteroatoms. The van der Waals surface area contributed by atoms with E-state index < -0.39 is 0 Å². The monoisotopic (exact) mass is 270 g/mol. The molecule has 2 aromatic rings. The Labute approximate surface area is 116 Å². The van der Waals surface area contributed by atoms with Crippen LogP contribution in [0.5, 0.6) is 5.75 Å². The molecule has 0 bridgehead atoms. The number of methoxy groups -OCH3 is 1. The summed E-state index contributed by atoms with van der Waals surface area (Å²) in [5, 5.41) is 0. The number of rotatable bonds is 3. The SMILES string of the molecule is COC(=O)c1ccc(-c2ccc(OC(C)=O)cc2)cc1. The fourth-order valence-electron chi connectivity index (χ4n) is 1.80. The quantitative estimate of drug-likeness (QED) is 0.635. The van der Waals surface area contributed by atoms with Crippen molar-refractivity contribution in [1.82, 2.24) is 0 Å². The van der Waals surface area contributed by atoms with Crippen LogP contribution in [0.25, 0.3) is 11.1 Å². The van der Waals surface area contributed by atoms with Crippen LogP contribution < -0.4 is 4.74 Å². The summed E-state index contributed by atoms with van der Waals surface area (Å²) in [6.45, 7) is 1.36. The molecule has 0 aliphatic carbocycles. The summed E-state index contributed by atoms with van der Waals surface area (Å²) >= 11 is 0. The van der Waals surface area contributed by atoms with Crippen molar-refractivity contribution in [2.24, 2.45) is 0 Å². The first-order valence-corrected chi connectivity index (χ1v) is 6.07. The van der Waals surface area contributed by atoms with Crippen molar-refractivity contribution in [1.29, 1.82) is 0 Å². The van der Waals surface area contributed by atoms with E-state index in [4.69, 9.17) is 4.74 Å². The van der Waals surface area contributed by atoms with Crippen molar-refractivity contribution in [3.63, 3.8) is 0 Å². The van der Waals surface area contributed by atoms with Crippen LogP contribution in [0.4, 0.5) is 0 Å². The highest BCUT2D eigenvalue weighted by molar-refractivity contribution is 5.90. The van der Waals surface area contributed by atoms with E-state index in [2.05, 4.69) is 4.74 Å². The van der Waals surface area contributed by atoms with Gasteiger partial charge in [0.15, 0.2) is 0 Å². The van der Waals surface area contributed by atoms with Gasteiger partial charge in [0.25, 0.3) is 0 Å². The third-order valence-corrected chi connectivity index (χ3v) is 2.76. The summed E-state index contributed by atoms with van der Waals surface area (Å²) in [6.07, 6.45) is 0. The van der Waals surface area contributed by atoms with Crippen molar-refractivity contribution in [2.45, 2.75) is 6.92 Å². The molecular weight excluding hydrogens is 256 g/mol. The van der Waals surface area contributed by atoms with Gasteiger partial charge in [0.1, 0.15) is 5.75 Å². The van der Waals surface area contributed by atoms with Gasteiger partial charge in [-0.3, -0.25) is 4.79 Å². The smallest absolute Gasteiger partial charge is 0.337 e. The predicted molar refractivity (Wildman–Crippen MR) is 74.5 cm³/mol. The summed E-state index contributed by atoms with van der Waals surface area (Å²) in [5.41, 5.74) is 2.44. The second-order valence-corrected chi connectivity index (χ2v) is 4.19. The fraction of sp³-hybridized carbons (Fsp3) is 0.125. The van der Waals surface area contributed by atoms with Crippen LogP contribution in [0.2, 0.25) is 0 Å². The summed E-state index contributed by atoms with van der Waals surface area (Å²) in [6, 6.07) is 14.3. The fourth-order valence-corrected chi connectivity index (χ4v) is 1.80. The molecule has 0 N–H and O–H groups in total. The molecular formula is C16H14O4. The Balaban J connectivity index is 2.19. The zero-order valence-electron chi connectivity index (χ0n) is 11.3. The lowest BCUT2D eigenvalue weighted by Gasteiger charge is -2.05. The van der Waals surface area contributed by atoms with Crippen LogP contribution in [-0.4, -0.2) is 19.0 Å². The lowest BCUT2D eigenvalue weighted by Crippen LogP contribution is -2.01. The van der Waals surface area contributed by atoms with Gasteiger partial charge in [-0.1, -0.05) is 24.3 Å². The van der Waals surface area contributed by atoms with E-state index in [1.165, 1.54) is 14.0 Å². The molecule has 0 amide bonds. The molecule has 2 aromatic carbocycles. The maximum Gasteiger partial charge on any atom is 0.337 e. The van der Waals surface area contributed by atoms with Crippen molar-refractivity contribution in [2.75, 3.05) is 7.11 Å². The van der Waals surface area contributed by atoms with Gasteiger partial charge in [-0.05, 0) is 35.4 Å². The van der Waals surface area contributed by atoms with E-state index in [-0.39, 0.29) is 11.9 Å². The molecule has 20 heavy (non-hydrogen) atoms. The molecule has 0 spiro atoms. The maximum absolute atomic E-state index is 11.3. The van der Waals surface area contributed by atoms with E-state index in [1.54, 1.807) is 24.3 Å². The van der Waals surface area contributed by atoms with Gasteiger partial charge in [0, 0.05) is 6.92 Å². The average molecular weight is 270 g/mol. The molecule has 0 fully saturated rings. The third kappa shape index (κ3) is 3.23. The first-order valence-electron chi connectivity index (χ1n) is 6.07. The molecule has 102 valence electrons. The molecule has 2 rings (SSSR count). The second kappa shape index (κ2) is 6.02. The molecule has 0 unspecified atom stereocenters. The van der Waals surface area contributed by atoms with Crippen LogP contribution in [-0.2, 0) is 9.53 Å². The Morgan fingerprint density at radius 1 is 0.850 bits per heavy atom. The largest absolute Gasteiger partial charge is 0.465 e. The highest BCUT2D eigenvalue weighted by Gasteiger charge is 2.05. The summed E-state index contributed by atoms with van der Waals surface area (Å²) < 4.78 is 9.62. The Morgan fingerprint density at radius 3 is 1.80 bits per heavy atom. The van der Waals surface area contributed by atoms with Crippen molar-refractivity contribution < 1.29 is 19.1 Å². The Kier molecular flexibility index (Phi) is 4.15. The van der Waals surface area contributed by atoms with Crippen molar-refractivity contribution in [3.8, 4) is 16.9 Å². The van der Waals surface area contributed by atoms with Gasteiger partial charge in [-0.25, -0.2) is 4.79 Å². The zero-order valence-corrected chi connectivity index (χ0v) is 11.3. The third-order valence-electron chi connectivity index (χ3n) is 2.76. The number of benzene rings is 2. The van der Waals surface area contributed by atoms with E-state index in [0.717, 1.165) is 11.1 Å². The lowest BCUT2D eigenvalue weighted by molar-refractivity contribution is -0.131. The molecule has 0 atom stereocenters. The van der Waals surface area contributed by atoms with Crippen LogP contribution >= 0.6 is 0 Å². The Bertz CT molecular complexity index is 612. The summed E-state index contributed by atoms with van der Waals surface area (Å²) in [7, 11) is 1.35. The first-order chi connectivity index (χ1) is 9.60. The standard InChI is InChI=1S/C16H14O4/c1-11(17)20-15-9-7-13(8-10-15)12-3-5-14(6-4-12)16(18)19-2/h3-10H,1-2H3. The molecule has 0 aromatic heterocycles. The Morgan fingerprint density at radius 2 is 1.35 bits per heavy atom. The van der Waals surface area contributed by atoms with Gasteiger partial charge < -0.3 is 9.47 Å². The molecule has 0 heterocycles. The van der Waals surface area contributed by atoms with Gasteiger partial charge in [0.2, 0.25) is 0 Å². The van der Waals surface area contributed by atoms with Crippen LogP contribution in [0.15, 0.2) is 48.5 Å². The van der Waals surface area contributed by atoms with E-state index >= 15 is 0 Å². The number of esters is 2. The lowest BCUT2D eigenvalue weighted by atomic mass is 10.0. The number of hydrogen-bond acceptors (Lipinski definition) is 4. The molecule has 0 saturated heterocycles. The minimum absolute atomic E-state index is 0.347. The second-order valence-electron chi connectivity index (χ2n) is 4.19. The minimum atomic E-state index is -0.359. The zero-order chi connectivity index (χ0) is 14.5. The topological polar surface area (TPSA) is 52.6 Å². The number of carbonyl (C=O) groups is 2. The van der Waals surface area contributed by atoms with Gasteiger partial charge >= 0.3 is 11.9 Å². The first kappa shape index (κ1) is 13.8. The van der Waals surface area contributed by atoms with Crippen molar-refractivity contribution >= 4 is 11.9 Å². The molecule has 4 nitrogen and oxygen atoms in total. The highest BCUT2D eigenvalue weighted by atomic mass is 16.5. The van der Waals surface area contributed by atoms with E-state index in [0.29, 0.717) is 11.3 Å². The normalized spacial score (nSPS) is 9.90. The number of hydrogen-bond donors (Lipinski definition) is 0. The predicted octanol–water partition coefficient (Wildman–Crippen LogP) is 3.07. The molecule has 0 saturated carbocycles. The number of ether oxygens (including phenoxy) is 2.